The fraction of sp³-hybridized carbons (Fsp3) is 0.200. The van der Waals surface area contributed by atoms with Crippen LogP contribution in [0.5, 0.6) is 5.75 Å². The van der Waals surface area contributed by atoms with Crippen LogP contribution in [0.15, 0.2) is 53.4 Å². The molecule has 6 heteroatoms. The Labute approximate surface area is 129 Å². The van der Waals surface area contributed by atoms with Gasteiger partial charge in [-0.25, -0.2) is 13.6 Å². The third kappa shape index (κ3) is 4.74. The molecule has 0 saturated heterocycles. The minimum atomic E-state index is -3.85. The van der Waals surface area contributed by atoms with Crippen molar-refractivity contribution in [1.29, 1.82) is 0 Å². The maximum Gasteiger partial charge on any atom is 0.241 e. The summed E-state index contributed by atoms with van der Waals surface area (Å²) in [5.74, 6) is 0.231. The number of aryl methyl sites for hydroxylation is 1. The van der Waals surface area contributed by atoms with Crippen LogP contribution in [0.25, 0.3) is 0 Å². The van der Waals surface area contributed by atoms with Crippen LogP contribution in [0.2, 0.25) is 5.02 Å². The van der Waals surface area contributed by atoms with E-state index in [4.69, 9.17) is 21.5 Å². The Balaban J connectivity index is 1.98. The second-order valence-corrected chi connectivity index (χ2v) is 6.54. The van der Waals surface area contributed by atoms with Crippen LogP contribution < -0.4 is 9.88 Å². The molecular formula is C15H16ClNO3S. The van der Waals surface area contributed by atoms with Crippen molar-refractivity contribution < 1.29 is 13.2 Å². The standard InChI is InChI=1S/C15H16ClNO3S/c16-13-8-9-14(15(11-13)21(17,18)19)20-10-4-7-12-5-2-1-3-6-12/h1-3,5-6,8-9,11H,4,7,10H2,(H2,17,18,19). The highest BCUT2D eigenvalue weighted by Crippen LogP contribution is 2.26. The summed E-state index contributed by atoms with van der Waals surface area (Å²) in [5.41, 5.74) is 1.21. The maximum absolute atomic E-state index is 11.5. The zero-order valence-electron chi connectivity index (χ0n) is 11.3. The van der Waals surface area contributed by atoms with E-state index in [1.165, 1.54) is 17.7 Å². The van der Waals surface area contributed by atoms with Crippen molar-refractivity contribution in [1.82, 2.24) is 0 Å². The van der Waals surface area contributed by atoms with E-state index >= 15 is 0 Å². The Morgan fingerprint density at radius 2 is 1.81 bits per heavy atom. The van der Waals surface area contributed by atoms with Gasteiger partial charge in [0.2, 0.25) is 10.0 Å². The molecule has 0 heterocycles. The molecule has 2 aromatic carbocycles. The molecule has 0 aliphatic carbocycles. The second-order valence-electron chi connectivity index (χ2n) is 4.57. The number of halogens is 1. The summed E-state index contributed by atoms with van der Waals surface area (Å²) in [4.78, 5) is -0.0882. The number of nitrogens with two attached hydrogens (primary N) is 1. The smallest absolute Gasteiger partial charge is 0.241 e. The first-order valence-corrected chi connectivity index (χ1v) is 8.38. The van der Waals surface area contributed by atoms with Gasteiger partial charge in [-0.3, -0.25) is 0 Å². The van der Waals surface area contributed by atoms with Gasteiger partial charge in [-0.05, 0) is 36.6 Å². The van der Waals surface area contributed by atoms with Crippen molar-refractivity contribution in [3.63, 3.8) is 0 Å². The first kappa shape index (κ1) is 15.8. The molecule has 2 aromatic rings. The number of primary sulfonamides is 1. The lowest BCUT2D eigenvalue weighted by Crippen LogP contribution is -2.14. The second kappa shape index (κ2) is 6.93. The average Bonchev–Trinajstić information content (AvgIpc) is 2.45. The maximum atomic E-state index is 11.5. The lowest BCUT2D eigenvalue weighted by Gasteiger charge is -2.10. The normalized spacial score (nSPS) is 11.3. The summed E-state index contributed by atoms with van der Waals surface area (Å²) >= 11 is 5.79. The van der Waals surface area contributed by atoms with Gasteiger partial charge in [0.25, 0.3) is 0 Å². The number of ether oxygens (including phenoxy) is 1. The number of hydrogen-bond donors (Lipinski definition) is 1. The molecule has 0 fully saturated rings. The van der Waals surface area contributed by atoms with E-state index in [0.717, 1.165) is 12.8 Å². The van der Waals surface area contributed by atoms with E-state index < -0.39 is 10.0 Å². The van der Waals surface area contributed by atoms with E-state index in [1.807, 2.05) is 30.3 Å². The Kier molecular flexibility index (Phi) is 5.22. The zero-order valence-corrected chi connectivity index (χ0v) is 12.9. The Morgan fingerprint density at radius 1 is 1.10 bits per heavy atom. The third-order valence-electron chi connectivity index (χ3n) is 2.92. The van der Waals surface area contributed by atoms with Crippen LogP contribution in [0.3, 0.4) is 0 Å². The summed E-state index contributed by atoms with van der Waals surface area (Å²) in [6, 6.07) is 14.4. The zero-order chi connectivity index (χ0) is 15.3. The van der Waals surface area contributed by atoms with Crippen molar-refractivity contribution in [2.45, 2.75) is 17.7 Å². The summed E-state index contributed by atoms with van der Waals surface area (Å²) in [7, 11) is -3.85. The number of rotatable bonds is 6. The molecule has 0 aromatic heterocycles. The molecule has 0 saturated carbocycles. The monoisotopic (exact) mass is 325 g/mol. The fourth-order valence-corrected chi connectivity index (χ4v) is 2.86. The molecule has 2 N–H and O–H groups in total. The van der Waals surface area contributed by atoms with Gasteiger partial charge in [-0.2, -0.15) is 0 Å². The lowest BCUT2D eigenvalue weighted by molar-refractivity contribution is 0.303. The van der Waals surface area contributed by atoms with Crippen LogP contribution >= 0.6 is 11.6 Å². The van der Waals surface area contributed by atoms with Crippen molar-refractivity contribution in [2.75, 3.05) is 6.61 Å². The average molecular weight is 326 g/mol. The van der Waals surface area contributed by atoms with Gasteiger partial charge in [0.15, 0.2) is 0 Å². The summed E-state index contributed by atoms with van der Waals surface area (Å²) < 4.78 is 28.5. The number of hydrogen-bond acceptors (Lipinski definition) is 3. The molecule has 0 bridgehead atoms. The van der Waals surface area contributed by atoms with Gasteiger partial charge in [0.1, 0.15) is 10.6 Å². The minimum absolute atomic E-state index is 0.0882. The van der Waals surface area contributed by atoms with Gasteiger partial charge in [0, 0.05) is 5.02 Å². The Morgan fingerprint density at radius 3 is 2.48 bits per heavy atom. The molecule has 0 amide bonds. The summed E-state index contributed by atoms with van der Waals surface area (Å²) in [5, 5.41) is 5.46. The van der Waals surface area contributed by atoms with Gasteiger partial charge in [-0.1, -0.05) is 41.9 Å². The van der Waals surface area contributed by atoms with Crippen molar-refractivity contribution >= 4 is 21.6 Å². The van der Waals surface area contributed by atoms with E-state index in [0.29, 0.717) is 11.6 Å². The van der Waals surface area contributed by atoms with Crippen LogP contribution in [-0.2, 0) is 16.4 Å². The molecular weight excluding hydrogens is 310 g/mol. The van der Waals surface area contributed by atoms with E-state index in [2.05, 4.69) is 0 Å². The first-order chi connectivity index (χ1) is 9.97. The van der Waals surface area contributed by atoms with Crippen LogP contribution in [0.4, 0.5) is 0 Å². The van der Waals surface area contributed by atoms with E-state index in [9.17, 15) is 8.42 Å². The van der Waals surface area contributed by atoms with E-state index in [1.54, 1.807) is 6.07 Å². The Hall–Kier alpha value is -1.56. The summed E-state index contributed by atoms with van der Waals surface area (Å²) in [6.07, 6.45) is 1.63. The lowest BCUT2D eigenvalue weighted by atomic mass is 10.1. The largest absolute Gasteiger partial charge is 0.492 e. The van der Waals surface area contributed by atoms with Gasteiger partial charge < -0.3 is 4.74 Å². The SMILES string of the molecule is NS(=O)(=O)c1cc(Cl)ccc1OCCCc1ccccc1. The first-order valence-electron chi connectivity index (χ1n) is 6.46. The molecule has 0 radical (unpaired) electrons. The quantitative estimate of drug-likeness (QED) is 0.830. The van der Waals surface area contributed by atoms with Gasteiger partial charge in [0.05, 0.1) is 6.61 Å². The molecule has 112 valence electrons. The third-order valence-corrected chi connectivity index (χ3v) is 4.09. The molecule has 0 spiro atoms. The highest BCUT2D eigenvalue weighted by Gasteiger charge is 2.15. The van der Waals surface area contributed by atoms with Gasteiger partial charge in [-0.15, -0.1) is 0 Å². The predicted molar refractivity (Wildman–Crippen MR) is 83.1 cm³/mol. The fourth-order valence-electron chi connectivity index (χ4n) is 1.93. The van der Waals surface area contributed by atoms with Crippen molar-refractivity contribution in [3.8, 4) is 5.75 Å². The molecule has 0 unspecified atom stereocenters. The van der Waals surface area contributed by atoms with Crippen molar-refractivity contribution in [2.24, 2.45) is 5.14 Å². The van der Waals surface area contributed by atoms with Crippen molar-refractivity contribution in [3.05, 3.63) is 59.1 Å². The predicted octanol–water partition coefficient (Wildman–Crippen LogP) is 3.00. The molecule has 0 aliphatic heterocycles. The van der Waals surface area contributed by atoms with Crippen LogP contribution in [0.1, 0.15) is 12.0 Å². The molecule has 21 heavy (non-hydrogen) atoms. The number of sulfonamides is 1. The topological polar surface area (TPSA) is 69.4 Å². The van der Waals surface area contributed by atoms with E-state index in [-0.39, 0.29) is 10.6 Å². The van der Waals surface area contributed by atoms with Crippen LogP contribution in [-0.4, -0.2) is 15.0 Å². The summed E-state index contributed by atoms with van der Waals surface area (Å²) in [6.45, 7) is 0.402. The molecule has 0 aliphatic rings. The van der Waals surface area contributed by atoms with Gasteiger partial charge >= 0.3 is 0 Å². The molecule has 2 rings (SSSR count). The highest BCUT2D eigenvalue weighted by molar-refractivity contribution is 7.89. The molecule has 4 nitrogen and oxygen atoms in total. The highest BCUT2D eigenvalue weighted by atomic mass is 35.5. The van der Waals surface area contributed by atoms with Crippen LogP contribution in [0, 0.1) is 0 Å². The Bertz CT molecular complexity index is 702. The molecule has 0 atom stereocenters. The number of benzene rings is 2. The minimum Gasteiger partial charge on any atom is -0.492 e.